The maximum atomic E-state index is 12.2. The zero-order chi connectivity index (χ0) is 23.1. The molecule has 1 rings (SSSR count). The van der Waals surface area contributed by atoms with Crippen LogP contribution >= 0.6 is 0 Å². The Morgan fingerprint density at radius 3 is 2.13 bits per heavy atom. The lowest BCUT2D eigenvalue weighted by atomic mass is 10.1. The molecule has 0 bridgehead atoms. The maximum absolute atomic E-state index is 12.2. The molecule has 1 amide bonds. The van der Waals surface area contributed by atoms with E-state index in [9.17, 15) is 14.4 Å². The molecule has 0 heterocycles. The number of unbranched alkanes of at least 4 members (excludes halogenated alkanes) is 2. The third-order valence-electron chi connectivity index (χ3n) is 4.18. The maximum Gasteiger partial charge on any atom is 0.344 e. The fraction of sp³-hybridized carbons (Fsp3) is 0.591. The predicted molar refractivity (Wildman–Crippen MR) is 115 cm³/mol. The summed E-state index contributed by atoms with van der Waals surface area (Å²) in [6.07, 6.45) is 3.30. The molecular formula is C22H34N2O7. The minimum Gasteiger partial charge on any atom is -0.478 e. The number of ether oxygens (including phenoxy) is 4. The quantitative estimate of drug-likeness (QED) is 0.313. The first-order valence-corrected chi connectivity index (χ1v) is 10.6. The second-order valence-electron chi connectivity index (χ2n) is 6.78. The van der Waals surface area contributed by atoms with Crippen molar-refractivity contribution in [2.75, 3.05) is 33.0 Å². The van der Waals surface area contributed by atoms with Crippen molar-refractivity contribution >= 4 is 17.8 Å². The van der Waals surface area contributed by atoms with Gasteiger partial charge in [0.2, 0.25) is 5.91 Å². The summed E-state index contributed by atoms with van der Waals surface area (Å²) in [5.74, 6) is -0.783. The third kappa shape index (κ3) is 10.7. The number of benzene rings is 1. The van der Waals surface area contributed by atoms with Crippen LogP contribution in [0.1, 0.15) is 45.6 Å². The number of hydrogen-bond donors (Lipinski definition) is 2. The summed E-state index contributed by atoms with van der Waals surface area (Å²) in [5, 5.41) is 2.83. The van der Waals surface area contributed by atoms with E-state index < -0.39 is 18.0 Å². The lowest BCUT2D eigenvalue weighted by molar-refractivity contribution is -0.146. The Morgan fingerprint density at radius 1 is 0.935 bits per heavy atom. The lowest BCUT2D eigenvalue weighted by Crippen LogP contribution is -2.42. The van der Waals surface area contributed by atoms with Crippen molar-refractivity contribution in [1.29, 1.82) is 0 Å². The van der Waals surface area contributed by atoms with E-state index in [1.807, 2.05) is 0 Å². The van der Waals surface area contributed by atoms with Gasteiger partial charge >= 0.3 is 11.9 Å². The number of hydrogen-bond acceptors (Lipinski definition) is 8. The van der Waals surface area contributed by atoms with Crippen molar-refractivity contribution < 1.29 is 33.3 Å². The molecule has 1 unspecified atom stereocenters. The normalized spacial score (nSPS) is 11.4. The van der Waals surface area contributed by atoms with Gasteiger partial charge in [-0.15, -0.1) is 0 Å². The van der Waals surface area contributed by atoms with Gasteiger partial charge in [-0.1, -0.05) is 25.8 Å². The number of amides is 1. The van der Waals surface area contributed by atoms with E-state index in [0.717, 1.165) is 24.8 Å². The molecule has 0 saturated carbocycles. The molecule has 0 aromatic heterocycles. The molecule has 9 nitrogen and oxygen atoms in total. The number of rotatable bonds is 15. The molecule has 0 spiro atoms. The van der Waals surface area contributed by atoms with Gasteiger partial charge in [0.15, 0.2) is 24.7 Å². The molecule has 0 radical (unpaired) electrons. The highest BCUT2D eigenvalue weighted by atomic mass is 16.6. The van der Waals surface area contributed by atoms with Crippen molar-refractivity contribution in [1.82, 2.24) is 5.32 Å². The summed E-state index contributed by atoms with van der Waals surface area (Å²) >= 11 is 0. The monoisotopic (exact) mass is 438 g/mol. The molecule has 31 heavy (non-hydrogen) atoms. The van der Waals surface area contributed by atoms with Crippen molar-refractivity contribution in [3.05, 3.63) is 23.8 Å². The highest BCUT2D eigenvalue weighted by molar-refractivity contribution is 5.81. The molecule has 0 aliphatic heterocycles. The summed E-state index contributed by atoms with van der Waals surface area (Å²) in [6, 6.07) is 4.22. The van der Waals surface area contributed by atoms with Gasteiger partial charge in [-0.05, 0) is 44.4 Å². The van der Waals surface area contributed by atoms with Crippen LogP contribution in [-0.2, 0) is 30.3 Å². The minimum absolute atomic E-state index is 0.229. The van der Waals surface area contributed by atoms with Gasteiger partial charge in [0.1, 0.15) is 0 Å². The fourth-order valence-corrected chi connectivity index (χ4v) is 2.65. The van der Waals surface area contributed by atoms with Crippen molar-refractivity contribution in [3.8, 4) is 11.5 Å². The molecule has 0 aliphatic rings. The topological polar surface area (TPSA) is 126 Å². The van der Waals surface area contributed by atoms with Crippen molar-refractivity contribution in [3.63, 3.8) is 0 Å². The van der Waals surface area contributed by atoms with E-state index in [1.54, 1.807) is 32.0 Å². The van der Waals surface area contributed by atoms with Crippen LogP contribution in [0.15, 0.2) is 18.2 Å². The molecule has 174 valence electrons. The van der Waals surface area contributed by atoms with E-state index in [4.69, 9.17) is 24.7 Å². The average Bonchev–Trinajstić information content (AvgIpc) is 2.74. The molecule has 9 heteroatoms. The van der Waals surface area contributed by atoms with Gasteiger partial charge < -0.3 is 30.0 Å². The van der Waals surface area contributed by atoms with E-state index in [2.05, 4.69) is 12.2 Å². The molecule has 1 aromatic carbocycles. The first-order valence-electron chi connectivity index (χ1n) is 10.6. The van der Waals surface area contributed by atoms with Crippen LogP contribution in [0.25, 0.3) is 0 Å². The first-order chi connectivity index (χ1) is 14.9. The molecule has 0 aliphatic carbocycles. The van der Waals surface area contributed by atoms with Gasteiger partial charge in [-0.3, -0.25) is 4.79 Å². The largest absolute Gasteiger partial charge is 0.478 e. The minimum atomic E-state index is -0.731. The second-order valence-corrected chi connectivity index (χ2v) is 6.78. The molecule has 3 N–H and O–H groups in total. The smallest absolute Gasteiger partial charge is 0.344 e. The molecular weight excluding hydrogens is 404 g/mol. The Hall–Kier alpha value is -2.81. The van der Waals surface area contributed by atoms with Crippen molar-refractivity contribution in [2.24, 2.45) is 5.73 Å². The van der Waals surface area contributed by atoms with E-state index in [1.165, 1.54) is 0 Å². The standard InChI is InChI=1S/C22H34N2O7/c1-4-7-8-11-24-22(27)17(23)12-16-9-10-18(30-14-20(25)28-5-2)19(13-16)31-15-21(26)29-6-3/h9-10,13,17H,4-8,11-12,14-15,23H2,1-3H3,(H,24,27). The zero-order valence-corrected chi connectivity index (χ0v) is 18.6. The van der Waals surface area contributed by atoms with Crippen LogP contribution in [-0.4, -0.2) is 56.9 Å². The Balaban J connectivity index is 2.81. The van der Waals surface area contributed by atoms with Gasteiger partial charge in [0, 0.05) is 6.54 Å². The van der Waals surface area contributed by atoms with E-state index >= 15 is 0 Å². The van der Waals surface area contributed by atoms with Gasteiger partial charge in [0.05, 0.1) is 19.3 Å². The van der Waals surface area contributed by atoms with Crippen LogP contribution < -0.4 is 20.5 Å². The number of carbonyl (C=O) groups is 3. The number of esters is 2. The molecule has 1 atom stereocenters. The summed E-state index contributed by atoms with van der Waals surface area (Å²) < 4.78 is 20.7. The predicted octanol–water partition coefficient (Wildman–Crippen LogP) is 1.75. The van der Waals surface area contributed by atoms with Crippen LogP contribution in [0, 0.1) is 0 Å². The highest BCUT2D eigenvalue weighted by Gasteiger charge is 2.17. The summed E-state index contributed by atoms with van der Waals surface area (Å²) in [6.45, 7) is 5.93. The SMILES string of the molecule is CCCCCNC(=O)C(N)Cc1ccc(OCC(=O)OCC)c(OCC(=O)OCC)c1. The average molecular weight is 439 g/mol. The molecule has 0 saturated heterocycles. The second kappa shape index (κ2) is 15.1. The Kier molecular flexibility index (Phi) is 12.7. The third-order valence-corrected chi connectivity index (χ3v) is 4.18. The Morgan fingerprint density at radius 2 is 1.55 bits per heavy atom. The summed E-state index contributed by atoms with van der Waals surface area (Å²) in [4.78, 5) is 35.4. The Labute approximate surface area is 183 Å². The Bertz CT molecular complexity index is 709. The lowest BCUT2D eigenvalue weighted by Gasteiger charge is -2.16. The van der Waals surface area contributed by atoms with Crippen LogP contribution in [0.5, 0.6) is 11.5 Å². The van der Waals surface area contributed by atoms with E-state index in [0.29, 0.717) is 6.54 Å². The summed E-state index contributed by atoms with van der Waals surface area (Å²) in [5.41, 5.74) is 6.75. The number of nitrogens with one attached hydrogen (secondary N) is 1. The number of carbonyl (C=O) groups excluding carboxylic acids is 3. The molecule has 1 aromatic rings. The number of nitrogens with two attached hydrogens (primary N) is 1. The zero-order valence-electron chi connectivity index (χ0n) is 18.6. The van der Waals surface area contributed by atoms with E-state index in [-0.39, 0.29) is 50.3 Å². The fourth-order valence-electron chi connectivity index (χ4n) is 2.65. The molecule has 0 fully saturated rings. The van der Waals surface area contributed by atoms with Crippen LogP contribution in [0.4, 0.5) is 0 Å². The highest BCUT2D eigenvalue weighted by Crippen LogP contribution is 2.29. The van der Waals surface area contributed by atoms with Gasteiger partial charge in [-0.2, -0.15) is 0 Å². The summed E-state index contributed by atoms with van der Waals surface area (Å²) in [7, 11) is 0. The van der Waals surface area contributed by atoms with Gasteiger partial charge in [-0.25, -0.2) is 9.59 Å². The van der Waals surface area contributed by atoms with Crippen LogP contribution in [0.2, 0.25) is 0 Å². The van der Waals surface area contributed by atoms with Gasteiger partial charge in [0.25, 0.3) is 0 Å². The first kappa shape index (κ1) is 26.2. The van der Waals surface area contributed by atoms with Crippen molar-refractivity contribution in [2.45, 2.75) is 52.5 Å². The van der Waals surface area contributed by atoms with Crippen LogP contribution in [0.3, 0.4) is 0 Å².